The van der Waals surface area contributed by atoms with Gasteiger partial charge in [0.1, 0.15) is 18.1 Å². The van der Waals surface area contributed by atoms with E-state index in [4.69, 9.17) is 25.8 Å². The number of sulfonamides is 1. The summed E-state index contributed by atoms with van der Waals surface area (Å²) >= 11 is 5.92. The molecule has 192 valence electrons. The van der Waals surface area contributed by atoms with Gasteiger partial charge < -0.3 is 19.5 Å². The van der Waals surface area contributed by atoms with Gasteiger partial charge in [-0.05, 0) is 55.0 Å². The fraction of sp³-hybridized carbons (Fsp3) is 0.240. The second kappa shape index (κ2) is 11.5. The average Bonchev–Trinajstić information content (AvgIpc) is 2.88. The van der Waals surface area contributed by atoms with Crippen LogP contribution in [-0.2, 0) is 14.8 Å². The Labute approximate surface area is 214 Å². The van der Waals surface area contributed by atoms with Gasteiger partial charge in [-0.1, -0.05) is 23.7 Å². The molecule has 8 nitrogen and oxygen atoms in total. The number of anilines is 1. The van der Waals surface area contributed by atoms with Gasteiger partial charge in [0, 0.05) is 6.07 Å². The summed E-state index contributed by atoms with van der Waals surface area (Å²) in [6.07, 6.45) is 0. The minimum Gasteiger partial charge on any atom is -0.497 e. The number of methoxy groups -OCH3 is 3. The lowest BCUT2D eigenvalue weighted by Crippen LogP contribution is -2.41. The van der Waals surface area contributed by atoms with E-state index in [1.54, 1.807) is 38.3 Å². The molecule has 1 N–H and O–H groups in total. The molecule has 3 aromatic rings. The summed E-state index contributed by atoms with van der Waals surface area (Å²) in [6.45, 7) is 1.18. The second-order valence-corrected chi connectivity index (χ2v) is 9.96. The van der Waals surface area contributed by atoms with Crippen LogP contribution >= 0.6 is 11.6 Å². The van der Waals surface area contributed by atoms with Crippen molar-refractivity contribution in [2.45, 2.75) is 17.9 Å². The Morgan fingerprint density at radius 2 is 1.64 bits per heavy atom. The third-order valence-electron chi connectivity index (χ3n) is 5.41. The summed E-state index contributed by atoms with van der Waals surface area (Å²) in [5.74, 6) is -0.117. The first-order valence-electron chi connectivity index (χ1n) is 10.7. The maximum absolute atomic E-state index is 13.8. The molecule has 3 rings (SSSR count). The third-order valence-corrected chi connectivity index (χ3v) is 7.47. The number of ether oxygens (including phenoxy) is 3. The molecule has 0 radical (unpaired) electrons. The standard InChI is InChI=1S/C25H26ClFN2O6S/c1-16(17-5-8-19(33-2)9-6-17)28-25(30)15-29(18-7-11-22(27)21(26)13-18)36(31,32)20-10-12-23(34-3)24(14-20)35-4/h5-14,16H,15H2,1-4H3,(H,28,30). The van der Waals surface area contributed by atoms with Crippen LogP contribution in [0.15, 0.2) is 65.6 Å². The van der Waals surface area contributed by atoms with E-state index in [1.807, 2.05) is 0 Å². The predicted octanol–water partition coefficient (Wildman–Crippen LogP) is 4.58. The van der Waals surface area contributed by atoms with Crippen molar-refractivity contribution in [3.8, 4) is 17.2 Å². The van der Waals surface area contributed by atoms with Crippen LogP contribution in [-0.4, -0.2) is 42.2 Å². The molecule has 0 aromatic heterocycles. The molecule has 0 heterocycles. The number of nitrogens with one attached hydrogen (secondary N) is 1. The normalized spacial score (nSPS) is 11.9. The third kappa shape index (κ3) is 6.00. The summed E-state index contributed by atoms with van der Waals surface area (Å²) in [7, 11) is 0.0430. The van der Waals surface area contributed by atoms with Crippen LogP contribution < -0.4 is 23.8 Å². The molecule has 0 aliphatic rings. The SMILES string of the molecule is COc1ccc(C(C)NC(=O)CN(c2ccc(F)c(Cl)c2)S(=O)(=O)c2ccc(OC)c(OC)c2)cc1. The van der Waals surface area contributed by atoms with Gasteiger partial charge in [0.15, 0.2) is 11.5 Å². The van der Waals surface area contributed by atoms with Crippen LogP contribution in [0, 0.1) is 5.82 Å². The van der Waals surface area contributed by atoms with Crippen LogP contribution in [0.1, 0.15) is 18.5 Å². The van der Waals surface area contributed by atoms with E-state index in [0.717, 1.165) is 22.0 Å². The maximum atomic E-state index is 13.8. The molecule has 11 heteroatoms. The van der Waals surface area contributed by atoms with Crippen molar-refractivity contribution in [1.82, 2.24) is 5.32 Å². The van der Waals surface area contributed by atoms with Crippen LogP contribution in [0.3, 0.4) is 0 Å². The molecule has 1 unspecified atom stereocenters. The van der Waals surface area contributed by atoms with Crippen molar-refractivity contribution in [2.24, 2.45) is 0 Å². The van der Waals surface area contributed by atoms with E-state index in [9.17, 15) is 17.6 Å². The molecule has 0 saturated heterocycles. The Balaban J connectivity index is 1.95. The van der Waals surface area contributed by atoms with Crippen molar-refractivity contribution in [1.29, 1.82) is 0 Å². The van der Waals surface area contributed by atoms with Gasteiger partial charge in [-0.25, -0.2) is 12.8 Å². The van der Waals surface area contributed by atoms with E-state index < -0.39 is 34.3 Å². The first-order chi connectivity index (χ1) is 17.1. The second-order valence-electron chi connectivity index (χ2n) is 7.69. The molecule has 0 bridgehead atoms. The molecule has 0 aliphatic carbocycles. The van der Waals surface area contributed by atoms with Crippen molar-refractivity contribution in [3.05, 3.63) is 77.1 Å². The zero-order valence-electron chi connectivity index (χ0n) is 20.1. The maximum Gasteiger partial charge on any atom is 0.264 e. The molecule has 0 fully saturated rings. The minimum atomic E-state index is -4.31. The molecular formula is C25H26ClFN2O6S. The first-order valence-corrected chi connectivity index (χ1v) is 12.6. The first kappa shape index (κ1) is 27.1. The van der Waals surface area contributed by atoms with Crippen molar-refractivity contribution < 1.29 is 31.8 Å². The summed E-state index contributed by atoms with van der Waals surface area (Å²) < 4.78 is 57.5. The molecule has 1 atom stereocenters. The highest BCUT2D eigenvalue weighted by molar-refractivity contribution is 7.92. The summed E-state index contributed by atoms with van der Waals surface area (Å²) in [5, 5.41) is 2.50. The van der Waals surface area contributed by atoms with Gasteiger partial charge in [-0.2, -0.15) is 0 Å². The number of nitrogens with zero attached hydrogens (tertiary/aromatic N) is 1. The Morgan fingerprint density at radius 1 is 0.972 bits per heavy atom. The lowest BCUT2D eigenvalue weighted by atomic mass is 10.1. The Kier molecular flexibility index (Phi) is 8.65. The van der Waals surface area contributed by atoms with Crippen LogP contribution in [0.5, 0.6) is 17.2 Å². The van der Waals surface area contributed by atoms with Gasteiger partial charge in [0.2, 0.25) is 5.91 Å². The molecule has 1 amide bonds. The fourth-order valence-corrected chi connectivity index (χ4v) is 5.06. The van der Waals surface area contributed by atoms with Crippen LogP contribution in [0.25, 0.3) is 0 Å². The summed E-state index contributed by atoms with van der Waals surface area (Å²) in [4.78, 5) is 12.8. The molecule has 3 aromatic carbocycles. The van der Waals surface area contributed by atoms with Crippen molar-refractivity contribution in [2.75, 3.05) is 32.2 Å². The van der Waals surface area contributed by atoms with Crippen LogP contribution in [0.4, 0.5) is 10.1 Å². The monoisotopic (exact) mass is 536 g/mol. The number of carbonyl (C=O) groups is 1. The fourth-order valence-electron chi connectivity index (χ4n) is 3.45. The van der Waals surface area contributed by atoms with Crippen molar-refractivity contribution >= 4 is 33.2 Å². The van der Waals surface area contributed by atoms with E-state index in [2.05, 4.69) is 5.32 Å². The number of hydrogen-bond acceptors (Lipinski definition) is 6. The van der Waals surface area contributed by atoms with Crippen molar-refractivity contribution in [3.63, 3.8) is 0 Å². The minimum absolute atomic E-state index is 0.0171. The summed E-state index contributed by atoms with van der Waals surface area (Å²) in [5.41, 5.74) is 0.812. The highest BCUT2D eigenvalue weighted by atomic mass is 35.5. The zero-order chi connectivity index (χ0) is 26.5. The average molecular weight is 537 g/mol. The predicted molar refractivity (Wildman–Crippen MR) is 135 cm³/mol. The quantitative estimate of drug-likeness (QED) is 0.408. The molecule has 0 spiro atoms. The molecule has 36 heavy (non-hydrogen) atoms. The van der Waals surface area contributed by atoms with E-state index >= 15 is 0 Å². The molecular weight excluding hydrogens is 511 g/mol. The largest absolute Gasteiger partial charge is 0.497 e. The number of amides is 1. The number of rotatable bonds is 10. The Morgan fingerprint density at radius 3 is 2.22 bits per heavy atom. The van der Waals surface area contributed by atoms with Gasteiger partial charge in [-0.15, -0.1) is 0 Å². The molecule has 0 saturated carbocycles. The Hall–Kier alpha value is -3.50. The highest BCUT2D eigenvalue weighted by Gasteiger charge is 2.29. The topological polar surface area (TPSA) is 94.2 Å². The number of carbonyl (C=O) groups excluding carboxylic acids is 1. The lowest BCUT2D eigenvalue weighted by Gasteiger charge is -2.25. The molecule has 0 aliphatic heterocycles. The Bertz CT molecular complexity index is 1330. The van der Waals surface area contributed by atoms with Crippen LogP contribution in [0.2, 0.25) is 5.02 Å². The van der Waals surface area contributed by atoms with Gasteiger partial charge >= 0.3 is 0 Å². The van der Waals surface area contributed by atoms with Gasteiger partial charge in [0.05, 0.1) is 43.0 Å². The van der Waals surface area contributed by atoms with E-state index in [0.29, 0.717) is 11.5 Å². The summed E-state index contributed by atoms with van der Waals surface area (Å²) in [6, 6.07) is 14.1. The number of halogens is 2. The number of benzene rings is 3. The van der Waals surface area contributed by atoms with Gasteiger partial charge in [-0.3, -0.25) is 9.10 Å². The lowest BCUT2D eigenvalue weighted by molar-refractivity contribution is -0.120. The van der Waals surface area contributed by atoms with E-state index in [-0.39, 0.29) is 21.4 Å². The zero-order valence-corrected chi connectivity index (χ0v) is 21.7. The highest BCUT2D eigenvalue weighted by Crippen LogP contribution is 2.33. The number of hydrogen-bond donors (Lipinski definition) is 1. The van der Waals surface area contributed by atoms with E-state index in [1.165, 1.54) is 38.5 Å². The smallest absolute Gasteiger partial charge is 0.264 e. The van der Waals surface area contributed by atoms with Gasteiger partial charge in [0.25, 0.3) is 10.0 Å².